The first kappa shape index (κ1) is 12.0. The van der Waals surface area contributed by atoms with Crippen LogP contribution in [0.4, 0.5) is 5.69 Å². The molecule has 0 atom stereocenters. The van der Waals surface area contributed by atoms with Crippen molar-refractivity contribution in [1.82, 2.24) is 4.90 Å². The highest BCUT2D eigenvalue weighted by atomic mass is 16.2. The Morgan fingerprint density at radius 3 is 2.41 bits per heavy atom. The molecule has 1 aliphatic rings. The zero-order chi connectivity index (χ0) is 12.4. The molecular weight excluding hydrogens is 212 g/mol. The number of nitrogens with zero attached hydrogens (tertiary/aromatic N) is 1. The van der Waals surface area contributed by atoms with E-state index in [4.69, 9.17) is 5.73 Å². The maximum atomic E-state index is 12.1. The molecular formula is C14H20N2O. The molecule has 0 spiro atoms. The van der Waals surface area contributed by atoms with E-state index in [1.54, 1.807) is 0 Å². The molecule has 0 aliphatic heterocycles. The lowest BCUT2D eigenvalue weighted by Gasteiger charge is -2.27. The van der Waals surface area contributed by atoms with Crippen molar-refractivity contribution in [2.45, 2.75) is 39.3 Å². The molecule has 2 rings (SSSR count). The van der Waals surface area contributed by atoms with Crippen LogP contribution in [0.15, 0.2) is 24.3 Å². The van der Waals surface area contributed by atoms with Gasteiger partial charge in [0, 0.05) is 24.2 Å². The Kier molecular flexibility index (Phi) is 3.36. The molecule has 2 N–H and O–H groups in total. The fourth-order valence-corrected chi connectivity index (χ4v) is 1.90. The average molecular weight is 232 g/mol. The van der Waals surface area contributed by atoms with Crippen LogP contribution in [0.5, 0.6) is 0 Å². The second-order valence-electron chi connectivity index (χ2n) is 5.08. The summed E-state index contributed by atoms with van der Waals surface area (Å²) < 4.78 is 0. The molecule has 3 heteroatoms. The maximum absolute atomic E-state index is 12.1. The highest BCUT2D eigenvalue weighted by Crippen LogP contribution is 2.32. The predicted molar refractivity (Wildman–Crippen MR) is 69.3 cm³/mol. The monoisotopic (exact) mass is 232 g/mol. The first-order valence-electron chi connectivity index (χ1n) is 6.23. The number of nitrogens with two attached hydrogens (primary N) is 1. The molecule has 0 heterocycles. The van der Waals surface area contributed by atoms with E-state index >= 15 is 0 Å². The van der Waals surface area contributed by atoms with Crippen molar-refractivity contribution in [2.24, 2.45) is 5.92 Å². The van der Waals surface area contributed by atoms with Crippen molar-refractivity contribution in [3.8, 4) is 0 Å². The molecule has 0 aromatic heterocycles. The van der Waals surface area contributed by atoms with Gasteiger partial charge in [0.25, 0.3) is 0 Å². The topological polar surface area (TPSA) is 46.3 Å². The van der Waals surface area contributed by atoms with Crippen LogP contribution in [0.25, 0.3) is 0 Å². The first-order chi connectivity index (χ1) is 8.08. The van der Waals surface area contributed by atoms with Crippen LogP contribution in [0.2, 0.25) is 0 Å². The van der Waals surface area contributed by atoms with E-state index < -0.39 is 0 Å². The van der Waals surface area contributed by atoms with Gasteiger partial charge in [-0.25, -0.2) is 0 Å². The zero-order valence-electron chi connectivity index (χ0n) is 10.5. The van der Waals surface area contributed by atoms with E-state index in [0.717, 1.165) is 24.1 Å². The summed E-state index contributed by atoms with van der Waals surface area (Å²) in [6.07, 6.45) is 2.12. The highest BCUT2D eigenvalue weighted by molar-refractivity contribution is 5.81. The molecule has 92 valence electrons. The number of carbonyl (C=O) groups excluding carboxylic acids is 1. The van der Waals surface area contributed by atoms with Crippen molar-refractivity contribution >= 4 is 11.6 Å². The van der Waals surface area contributed by atoms with Crippen molar-refractivity contribution in [3.05, 3.63) is 29.8 Å². The maximum Gasteiger partial charge on any atom is 0.226 e. The second-order valence-corrected chi connectivity index (χ2v) is 5.08. The lowest BCUT2D eigenvalue weighted by molar-refractivity contribution is -0.134. The Morgan fingerprint density at radius 1 is 1.35 bits per heavy atom. The van der Waals surface area contributed by atoms with Gasteiger partial charge < -0.3 is 10.6 Å². The second kappa shape index (κ2) is 4.78. The molecule has 1 aromatic carbocycles. The largest absolute Gasteiger partial charge is 0.399 e. The van der Waals surface area contributed by atoms with Gasteiger partial charge in [0.2, 0.25) is 5.91 Å². The predicted octanol–water partition coefficient (Wildman–Crippen LogP) is 2.42. The van der Waals surface area contributed by atoms with Crippen LogP contribution in [0.3, 0.4) is 0 Å². The van der Waals surface area contributed by atoms with Crippen LogP contribution < -0.4 is 5.73 Å². The normalized spacial score (nSPS) is 15.0. The molecule has 1 aliphatic carbocycles. The average Bonchev–Trinajstić information content (AvgIpc) is 3.11. The number of rotatable bonds is 4. The fraction of sp³-hybridized carbons (Fsp3) is 0.500. The first-order valence-corrected chi connectivity index (χ1v) is 6.23. The Morgan fingerprint density at radius 2 is 1.94 bits per heavy atom. The number of amides is 1. The Balaban J connectivity index is 2.06. The number of hydrogen-bond donors (Lipinski definition) is 1. The summed E-state index contributed by atoms with van der Waals surface area (Å²) in [7, 11) is 0. The van der Waals surface area contributed by atoms with E-state index in [2.05, 4.69) is 13.8 Å². The third kappa shape index (κ3) is 2.99. The third-order valence-electron chi connectivity index (χ3n) is 3.17. The molecule has 3 nitrogen and oxygen atoms in total. The van der Waals surface area contributed by atoms with Gasteiger partial charge in [-0.2, -0.15) is 0 Å². The van der Waals surface area contributed by atoms with Crippen LogP contribution in [0.1, 0.15) is 32.3 Å². The van der Waals surface area contributed by atoms with Crippen molar-refractivity contribution < 1.29 is 4.79 Å². The third-order valence-corrected chi connectivity index (χ3v) is 3.17. The number of benzene rings is 1. The van der Waals surface area contributed by atoms with E-state index in [1.165, 1.54) is 0 Å². The number of carbonyl (C=O) groups is 1. The Bertz CT molecular complexity index is 393. The van der Waals surface area contributed by atoms with Gasteiger partial charge in [0.1, 0.15) is 0 Å². The molecule has 1 saturated carbocycles. The van der Waals surface area contributed by atoms with Gasteiger partial charge in [0.15, 0.2) is 0 Å². The molecule has 0 unspecified atom stereocenters. The van der Waals surface area contributed by atoms with Crippen LogP contribution in [-0.2, 0) is 11.3 Å². The van der Waals surface area contributed by atoms with Crippen molar-refractivity contribution in [3.63, 3.8) is 0 Å². The van der Waals surface area contributed by atoms with Crippen LogP contribution >= 0.6 is 0 Å². The SMILES string of the molecule is CC(C)N(Cc1ccc(N)cc1)C(=O)C1CC1. The van der Waals surface area contributed by atoms with E-state index in [1.807, 2.05) is 29.2 Å². The Hall–Kier alpha value is -1.51. The number of anilines is 1. The lowest BCUT2D eigenvalue weighted by atomic mass is 10.1. The summed E-state index contributed by atoms with van der Waals surface area (Å²) in [5, 5.41) is 0. The molecule has 1 fully saturated rings. The standard InChI is InChI=1S/C14H20N2O/c1-10(2)16(14(17)12-5-6-12)9-11-3-7-13(15)8-4-11/h3-4,7-8,10,12H,5-6,9,15H2,1-2H3. The smallest absolute Gasteiger partial charge is 0.226 e. The summed E-state index contributed by atoms with van der Waals surface area (Å²) in [6.45, 7) is 4.82. The fourth-order valence-electron chi connectivity index (χ4n) is 1.90. The summed E-state index contributed by atoms with van der Waals surface area (Å²) in [6, 6.07) is 8.00. The van der Waals surface area contributed by atoms with Gasteiger partial charge in [-0.3, -0.25) is 4.79 Å². The van der Waals surface area contributed by atoms with Gasteiger partial charge in [-0.1, -0.05) is 12.1 Å². The molecule has 0 radical (unpaired) electrons. The minimum Gasteiger partial charge on any atom is -0.399 e. The number of hydrogen-bond acceptors (Lipinski definition) is 2. The molecule has 1 aromatic rings. The Labute approximate surface area is 103 Å². The highest BCUT2D eigenvalue weighted by Gasteiger charge is 2.34. The minimum atomic E-state index is 0.251. The zero-order valence-corrected chi connectivity index (χ0v) is 10.5. The van der Waals surface area contributed by atoms with Gasteiger partial charge >= 0.3 is 0 Å². The lowest BCUT2D eigenvalue weighted by Crippen LogP contribution is -2.37. The van der Waals surface area contributed by atoms with Crippen molar-refractivity contribution in [1.29, 1.82) is 0 Å². The molecule has 1 amide bonds. The summed E-state index contributed by atoms with van der Waals surface area (Å²) in [4.78, 5) is 14.1. The minimum absolute atomic E-state index is 0.251. The number of nitrogen functional groups attached to an aromatic ring is 1. The van der Waals surface area contributed by atoms with Crippen LogP contribution in [-0.4, -0.2) is 16.8 Å². The van der Waals surface area contributed by atoms with Crippen molar-refractivity contribution in [2.75, 3.05) is 5.73 Å². The molecule has 0 saturated heterocycles. The van der Waals surface area contributed by atoms with E-state index in [0.29, 0.717) is 12.5 Å². The molecule has 0 bridgehead atoms. The summed E-state index contributed by atoms with van der Waals surface area (Å²) >= 11 is 0. The van der Waals surface area contributed by atoms with Crippen LogP contribution in [0, 0.1) is 5.92 Å². The van der Waals surface area contributed by atoms with E-state index in [9.17, 15) is 4.79 Å². The van der Waals surface area contributed by atoms with E-state index in [-0.39, 0.29) is 12.0 Å². The quantitative estimate of drug-likeness (QED) is 0.810. The summed E-state index contributed by atoms with van der Waals surface area (Å²) in [5.41, 5.74) is 7.56. The van der Waals surface area contributed by atoms with Gasteiger partial charge in [-0.15, -0.1) is 0 Å². The van der Waals surface area contributed by atoms with Gasteiger partial charge in [0.05, 0.1) is 0 Å². The summed E-state index contributed by atoms with van der Waals surface area (Å²) in [5.74, 6) is 0.586. The molecule has 17 heavy (non-hydrogen) atoms. The van der Waals surface area contributed by atoms with Gasteiger partial charge in [-0.05, 0) is 44.4 Å².